The SMILES string of the molecule is CC(C)Oc1ccccc1C(=O)N1CCCC(O)(c2cn[nH]n2)C1. The molecule has 1 aliphatic rings. The Balaban J connectivity index is 1.83. The summed E-state index contributed by atoms with van der Waals surface area (Å²) in [6, 6.07) is 7.20. The molecular formula is C17H22N4O3. The summed E-state index contributed by atoms with van der Waals surface area (Å²) in [5.74, 6) is 0.418. The number of nitrogens with one attached hydrogen (secondary N) is 1. The fourth-order valence-electron chi connectivity index (χ4n) is 3.01. The molecule has 1 saturated heterocycles. The number of piperidine rings is 1. The topological polar surface area (TPSA) is 91.3 Å². The van der Waals surface area contributed by atoms with Gasteiger partial charge < -0.3 is 14.7 Å². The smallest absolute Gasteiger partial charge is 0.257 e. The lowest BCUT2D eigenvalue weighted by molar-refractivity contribution is -0.0321. The maximum Gasteiger partial charge on any atom is 0.257 e. The monoisotopic (exact) mass is 330 g/mol. The van der Waals surface area contributed by atoms with E-state index in [0.29, 0.717) is 36.4 Å². The van der Waals surface area contributed by atoms with Gasteiger partial charge in [0.25, 0.3) is 5.91 Å². The van der Waals surface area contributed by atoms with Gasteiger partial charge in [-0.1, -0.05) is 12.1 Å². The summed E-state index contributed by atoms with van der Waals surface area (Å²) in [6.45, 7) is 4.63. The molecule has 2 heterocycles. The summed E-state index contributed by atoms with van der Waals surface area (Å²) in [5, 5.41) is 21.1. The molecule has 1 aromatic heterocycles. The Labute approximate surface area is 140 Å². The number of H-pyrrole nitrogens is 1. The van der Waals surface area contributed by atoms with Crippen LogP contribution in [0.2, 0.25) is 0 Å². The Bertz CT molecular complexity index is 702. The summed E-state index contributed by atoms with van der Waals surface area (Å²) >= 11 is 0. The van der Waals surface area contributed by atoms with Crippen LogP contribution in [0.25, 0.3) is 0 Å². The summed E-state index contributed by atoms with van der Waals surface area (Å²) in [6.07, 6.45) is 2.73. The lowest BCUT2D eigenvalue weighted by Gasteiger charge is -2.38. The minimum Gasteiger partial charge on any atom is -0.490 e. The van der Waals surface area contributed by atoms with E-state index in [1.54, 1.807) is 17.0 Å². The highest BCUT2D eigenvalue weighted by Gasteiger charge is 2.39. The van der Waals surface area contributed by atoms with Gasteiger partial charge in [0.1, 0.15) is 17.0 Å². The zero-order valence-electron chi connectivity index (χ0n) is 13.9. The molecule has 1 atom stereocenters. The maximum atomic E-state index is 13.0. The number of benzene rings is 1. The number of hydrogen-bond acceptors (Lipinski definition) is 5. The maximum absolute atomic E-state index is 13.0. The van der Waals surface area contributed by atoms with Crippen molar-refractivity contribution in [2.24, 2.45) is 0 Å². The minimum absolute atomic E-state index is 0.0210. The molecule has 128 valence electrons. The predicted octanol–water partition coefficient (Wildman–Crippen LogP) is 1.72. The van der Waals surface area contributed by atoms with E-state index in [1.165, 1.54) is 6.20 Å². The molecule has 2 N–H and O–H groups in total. The lowest BCUT2D eigenvalue weighted by Crippen LogP contribution is -2.48. The van der Waals surface area contributed by atoms with Crippen LogP contribution in [-0.4, -0.2) is 50.5 Å². The number of aliphatic hydroxyl groups is 1. The van der Waals surface area contributed by atoms with E-state index in [4.69, 9.17) is 4.74 Å². The molecule has 0 aliphatic carbocycles. The Morgan fingerprint density at radius 1 is 1.42 bits per heavy atom. The van der Waals surface area contributed by atoms with Crippen LogP contribution in [-0.2, 0) is 5.60 Å². The summed E-state index contributed by atoms with van der Waals surface area (Å²) < 4.78 is 5.74. The Hall–Kier alpha value is -2.41. The molecule has 7 nitrogen and oxygen atoms in total. The summed E-state index contributed by atoms with van der Waals surface area (Å²) in [5.41, 5.74) is -0.197. The van der Waals surface area contributed by atoms with Crippen LogP contribution in [0.4, 0.5) is 0 Å². The number of hydrogen-bond donors (Lipinski definition) is 2. The van der Waals surface area contributed by atoms with Crippen molar-refractivity contribution in [1.82, 2.24) is 20.3 Å². The molecular weight excluding hydrogens is 308 g/mol. The van der Waals surface area contributed by atoms with Crippen molar-refractivity contribution < 1.29 is 14.6 Å². The number of amides is 1. The average Bonchev–Trinajstić information content (AvgIpc) is 3.10. The van der Waals surface area contributed by atoms with Crippen molar-refractivity contribution in [3.8, 4) is 5.75 Å². The number of nitrogens with zero attached hydrogens (tertiary/aromatic N) is 3. The van der Waals surface area contributed by atoms with Gasteiger partial charge in [-0.25, -0.2) is 0 Å². The van der Waals surface area contributed by atoms with Crippen LogP contribution in [0.1, 0.15) is 42.7 Å². The number of β-amino-alcohol motifs (C(OH)–C–C–N with tert-alkyl or cyclic N) is 1. The number of aromatic nitrogens is 3. The van der Waals surface area contributed by atoms with Crippen molar-refractivity contribution in [2.75, 3.05) is 13.1 Å². The van der Waals surface area contributed by atoms with Crippen molar-refractivity contribution in [1.29, 1.82) is 0 Å². The van der Waals surface area contributed by atoms with E-state index < -0.39 is 5.60 Å². The van der Waals surface area contributed by atoms with Crippen LogP contribution in [0, 0.1) is 0 Å². The van der Waals surface area contributed by atoms with Crippen molar-refractivity contribution >= 4 is 5.91 Å². The Morgan fingerprint density at radius 3 is 2.92 bits per heavy atom. The average molecular weight is 330 g/mol. The molecule has 1 aromatic carbocycles. The third-order valence-corrected chi connectivity index (χ3v) is 4.13. The molecule has 2 aromatic rings. The zero-order chi connectivity index (χ0) is 17.2. The highest BCUT2D eigenvalue weighted by atomic mass is 16.5. The van der Waals surface area contributed by atoms with E-state index in [-0.39, 0.29) is 18.6 Å². The fourth-order valence-corrected chi connectivity index (χ4v) is 3.01. The standard InChI is InChI=1S/C17H22N4O3/c1-12(2)24-14-7-4-3-6-13(14)16(22)21-9-5-8-17(23,11-21)15-10-18-20-19-15/h3-4,6-7,10,12,23H,5,8-9,11H2,1-2H3,(H,18,19,20). The molecule has 1 amide bonds. The number of likely N-dealkylation sites (tertiary alicyclic amines) is 1. The minimum atomic E-state index is -1.17. The van der Waals surface area contributed by atoms with Crippen LogP contribution in [0.5, 0.6) is 5.75 Å². The van der Waals surface area contributed by atoms with Crippen molar-refractivity contribution in [3.63, 3.8) is 0 Å². The van der Waals surface area contributed by atoms with Gasteiger partial charge in [0.05, 0.1) is 24.4 Å². The largest absolute Gasteiger partial charge is 0.490 e. The number of carbonyl (C=O) groups is 1. The second kappa shape index (κ2) is 6.60. The molecule has 0 saturated carbocycles. The molecule has 3 rings (SSSR count). The second-order valence-corrected chi connectivity index (χ2v) is 6.38. The number of rotatable bonds is 4. The first-order valence-electron chi connectivity index (χ1n) is 8.13. The molecule has 1 fully saturated rings. The first-order valence-corrected chi connectivity index (χ1v) is 8.13. The third kappa shape index (κ3) is 3.26. The van der Waals surface area contributed by atoms with Crippen LogP contribution in [0.15, 0.2) is 30.5 Å². The first-order chi connectivity index (χ1) is 11.5. The van der Waals surface area contributed by atoms with Gasteiger partial charge in [0.15, 0.2) is 0 Å². The van der Waals surface area contributed by atoms with E-state index in [2.05, 4.69) is 15.4 Å². The molecule has 0 bridgehead atoms. The first kappa shape index (κ1) is 16.4. The molecule has 0 spiro atoms. The van der Waals surface area contributed by atoms with Crippen LogP contribution < -0.4 is 4.74 Å². The Morgan fingerprint density at radius 2 is 2.21 bits per heavy atom. The van der Waals surface area contributed by atoms with E-state index in [0.717, 1.165) is 0 Å². The van der Waals surface area contributed by atoms with Gasteiger partial charge in [-0.05, 0) is 38.8 Å². The lowest BCUT2D eigenvalue weighted by atomic mass is 9.89. The Kier molecular flexibility index (Phi) is 4.53. The molecule has 1 unspecified atom stereocenters. The number of para-hydroxylation sites is 1. The van der Waals surface area contributed by atoms with Gasteiger partial charge in [0, 0.05) is 6.54 Å². The van der Waals surface area contributed by atoms with Gasteiger partial charge >= 0.3 is 0 Å². The zero-order valence-corrected chi connectivity index (χ0v) is 13.9. The third-order valence-electron chi connectivity index (χ3n) is 4.13. The molecule has 1 aliphatic heterocycles. The molecule has 24 heavy (non-hydrogen) atoms. The van der Waals surface area contributed by atoms with Crippen LogP contribution in [0.3, 0.4) is 0 Å². The van der Waals surface area contributed by atoms with E-state index >= 15 is 0 Å². The van der Waals surface area contributed by atoms with Gasteiger partial charge in [0.2, 0.25) is 0 Å². The quantitative estimate of drug-likeness (QED) is 0.890. The highest BCUT2D eigenvalue weighted by molar-refractivity contribution is 5.97. The fraction of sp³-hybridized carbons (Fsp3) is 0.471. The summed E-state index contributed by atoms with van der Waals surface area (Å²) in [7, 11) is 0. The number of aromatic amines is 1. The second-order valence-electron chi connectivity index (χ2n) is 6.38. The summed E-state index contributed by atoms with van der Waals surface area (Å²) in [4.78, 5) is 14.6. The van der Waals surface area contributed by atoms with Crippen LogP contribution >= 0.6 is 0 Å². The molecule has 0 radical (unpaired) electrons. The van der Waals surface area contributed by atoms with Crippen molar-refractivity contribution in [3.05, 3.63) is 41.7 Å². The predicted molar refractivity (Wildman–Crippen MR) is 87.6 cm³/mol. The van der Waals surface area contributed by atoms with Gasteiger partial charge in [-0.3, -0.25) is 4.79 Å². The number of carbonyl (C=O) groups excluding carboxylic acids is 1. The van der Waals surface area contributed by atoms with Gasteiger partial charge in [-0.2, -0.15) is 15.4 Å². The molecule has 7 heteroatoms. The van der Waals surface area contributed by atoms with Crippen molar-refractivity contribution in [2.45, 2.75) is 38.4 Å². The highest BCUT2D eigenvalue weighted by Crippen LogP contribution is 2.31. The van der Waals surface area contributed by atoms with E-state index in [9.17, 15) is 9.90 Å². The van der Waals surface area contributed by atoms with E-state index in [1.807, 2.05) is 26.0 Å². The number of ether oxygens (including phenoxy) is 1. The normalized spacial score (nSPS) is 21.1. The van der Waals surface area contributed by atoms with Gasteiger partial charge in [-0.15, -0.1) is 0 Å².